The van der Waals surface area contributed by atoms with Crippen LogP contribution < -0.4 is 10.1 Å². The molecule has 0 bridgehead atoms. The quantitative estimate of drug-likeness (QED) is 0.886. The van der Waals surface area contributed by atoms with E-state index < -0.39 is 0 Å². The second kappa shape index (κ2) is 6.25. The van der Waals surface area contributed by atoms with Crippen LogP contribution in [0.5, 0.6) is 5.75 Å². The maximum absolute atomic E-state index is 5.68. The molecule has 2 heterocycles. The number of nitrogens with one attached hydrogen (secondary N) is 1. The first-order chi connectivity index (χ1) is 9.17. The highest BCUT2D eigenvalue weighted by atomic mass is 79.9. The van der Waals surface area contributed by atoms with Crippen molar-refractivity contribution in [2.45, 2.75) is 19.4 Å². The fourth-order valence-corrected chi connectivity index (χ4v) is 2.34. The van der Waals surface area contributed by atoms with E-state index in [-0.39, 0.29) is 6.04 Å². The Morgan fingerprint density at radius 1 is 1.53 bits per heavy atom. The Bertz CT molecular complexity index is 536. The van der Waals surface area contributed by atoms with Gasteiger partial charge in [0.2, 0.25) is 0 Å². The monoisotopic (exact) mass is 327 g/mol. The zero-order valence-corrected chi connectivity index (χ0v) is 12.9. The molecule has 1 atom stereocenters. The van der Waals surface area contributed by atoms with E-state index in [0.717, 1.165) is 30.2 Å². The Labute approximate surface area is 121 Å². The minimum Gasteiger partial charge on any atom is -0.493 e. The second-order valence-electron chi connectivity index (χ2n) is 4.25. The molecule has 0 aromatic carbocycles. The molecular formula is C13H18BrN3O2. The van der Waals surface area contributed by atoms with Crippen LogP contribution in [0.1, 0.15) is 30.8 Å². The fraction of sp³-hybridized carbons (Fsp3) is 0.462. The van der Waals surface area contributed by atoms with Crippen molar-refractivity contribution in [3.05, 3.63) is 34.5 Å². The topological polar surface area (TPSA) is 52.2 Å². The zero-order valence-electron chi connectivity index (χ0n) is 11.3. The summed E-state index contributed by atoms with van der Waals surface area (Å²) in [4.78, 5) is 0. The number of nitrogens with zero attached hydrogens (tertiary/aromatic N) is 2. The maximum atomic E-state index is 5.68. The fourth-order valence-electron chi connectivity index (χ4n) is 2.02. The minimum absolute atomic E-state index is 0.0753. The highest BCUT2D eigenvalue weighted by Crippen LogP contribution is 2.31. The van der Waals surface area contributed by atoms with Gasteiger partial charge in [-0.3, -0.25) is 4.68 Å². The van der Waals surface area contributed by atoms with E-state index >= 15 is 0 Å². The summed E-state index contributed by atoms with van der Waals surface area (Å²) in [6, 6.07) is 3.76. The molecular weight excluding hydrogens is 310 g/mol. The Balaban J connectivity index is 2.39. The van der Waals surface area contributed by atoms with E-state index in [1.807, 2.05) is 23.9 Å². The Kier molecular flexibility index (Phi) is 4.66. The van der Waals surface area contributed by atoms with Gasteiger partial charge in [0.25, 0.3) is 0 Å². The van der Waals surface area contributed by atoms with Crippen LogP contribution in [-0.2, 0) is 7.05 Å². The van der Waals surface area contributed by atoms with E-state index in [9.17, 15) is 0 Å². The summed E-state index contributed by atoms with van der Waals surface area (Å²) < 4.78 is 13.6. The third-order valence-electron chi connectivity index (χ3n) is 2.92. The number of furan rings is 1. The molecule has 0 saturated carbocycles. The summed E-state index contributed by atoms with van der Waals surface area (Å²) in [5, 5.41) is 7.71. The maximum Gasteiger partial charge on any atom is 0.169 e. The molecule has 0 aliphatic rings. The molecule has 104 valence electrons. The largest absolute Gasteiger partial charge is 0.493 e. The number of ether oxygens (including phenoxy) is 1. The Morgan fingerprint density at radius 2 is 2.32 bits per heavy atom. The summed E-state index contributed by atoms with van der Waals surface area (Å²) >= 11 is 3.34. The Hall–Kier alpha value is -1.27. The number of halogens is 1. The van der Waals surface area contributed by atoms with Gasteiger partial charge in [0.05, 0.1) is 13.3 Å². The van der Waals surface area contributed by atoms with Gasteiger partial charge >= 0.3 is 0 Å². The van der Waals surface area contributed by atoms with Gasteiger partial charge in [-0.15, -0.1) is 0 Å². The molecule has 6 heteroatoms. The van der Waals surface area contributed by atoms with Crippen LogP contribution in [0.25, 0.3) is 0 Å². The van der Waals surface area contributed by atoms with Crippen molar-refractivity contribution < 1.29 is 9.15 Å². The van der Waals surface area contributed by atoms with Gasteiger partial charge in [-0.2, -0.15) is 5.10 Å². The molecule has 19 heavy (non-hydrogen) atoms. The van der Waals surface area contributed by atoms with Crippen molar-refractivity contribution in [3.8, 4) is 5.75 Å². The zero-order chi connectivity index (χ0) is 13.8. The summed E-state index contributed by atoms with van der Waals surface area (Å²) in [6.45, 7) is 3.01. The van der Waals surface area contributed by atoms with E-state index in [4.69, 9.17) is 9.15 Å². The lowest BCUT2D eigenvalue weighted by molar-refractivity contribution is 0.382. The number of aromatic nitrogens is 2. The second-order valence-corrected chi connectivity index (χ2v) is 5.03. The van der Waals surface area contributed by atoms with Crippen molar-refractivity contribution in [2.75, 3.05) is 13.7 Å². The standard InChI is InChI=1S/C13H18BrN3O2/c1-4-7-15-12(9-5-6-11(14)19-9)13-10(18-3)8-16-17(13)2/h5-6,8,12,15H,4,7H2,1-3H3. The molecule has 2 aromatic heterocycles. The van der Waals surface area contributed by atoms with Crippen molar-refractivity contribution in [1.82, 2.24) is 15.1 Å². The lowest BCUT2D eigenvalue weighted by Crippen LogP contribution is -2.25. The van der Waals surface area contributed by atoms with E-state index in [1.54, 1.807) is 13.3 Å². The molecule has 0 amide bonds. The average molecular weight is 328 g/mol. The predicted octanol–water partition coefficient (Wildman–Crippen LogP) is 2.87. The van der Waals surface area contributed by atoms with Gasteiger partial charge in [0, 0.05) is 7.05 Å². The molecule has 0 aliphatic carbocycles. The van der Waals surface area contributed by atoms with Crippen molar-refractivity contribution in [1.29, 1.82) is 0 Å². The van der Waals surface area contributed by atoms with E-state index in [2.05, 4.69) is 33.3 Å². The highest BCUT2D eigenvalue weighted by molar-refractivity contribution is 9.10. The first-order valence-electron chi connectivity index (χ1n) is 6.21. The predicted molar refractivity (Wildman–Crippen MR) is 76.3 cm³/mol. The Morgan fingerprint density at radius 3 is 2.89 bits per heavy atom. The van der Waals surface area contributed by atoms with Gasteiger partial charge in [-0.1, -0.05) is 6.92 Å². The molecule has 1 unspecified atom stereocenters. The first-order valence-corrected chi connectivity index (χ1v) is 7.01. The van der Waals surface area contributed by atoms with Crippen molar-refractivity contribution in [3.63, 3.8) is 0 Å². The van der Waals surface area contributed by atoms with Crippen LogP contribution in [0, 0.1) is 0 Å². The highest BCUT2D eigenvalue weighted by Gasteiger charge is 2.24. The number of aryl methyl sites for hydroxylation is 1. The summed E-state index contributed by atoms with van der Waals surface area (Å²) in [7, 11) is 3.55. The van der Waals surface area contributed by atoms with Crippen LogP contribution in [0.4, 0.5) is 0 Å². The van der Waals surface area contributed by atoms with Crippen molar-refractivity contribution >= 4 is 15.9 Å². The van der Waals surface area contributed by atoms with Crippen LogP contribution in [-0.4, -0.2) is 23.4 Å². The first kappa shape index (κ1) is 14.1. The summed E-state index contributed by atoms with van der Waals surface area (Å²) in [5.74, 6) is 1.59. The molecule has 0 saturated heterocycles. The molecule has 0 fully saturated rings. The van der Waals surface area contributed by atoms with E-state index in [1.165, 1.54) is 0 Å². The molecule has 2 rings (SSSR count). The molecule has 0 spiro atoms. The average Bonchev–Trinajstić information content (AvgIpc) is 2.98. The number of methoxy groups -OCH3 is 1. The summed E-state index contributed by atoms with van der Waals surface area (Å²) in [6.07, 6.45) is 2.76. The van der Waals surface area contributed by atoms with Gasteiger partial charge in [-0.25, -0.2) is 0 Å². The molecule has 1 N–H and O–H groups in total. The van der Waals surface area contributed by atoms with Gasteiger partial charge in [0.15, 0.2) is 10.4 Å². The number of hydrogen-bond donors (Lipinski definition) is 1. The van der Waals surface area contributed by atoms with Crippen LogP contribution in [0.15, 0.2) is 27.4 Å². The minimum atomic E-state index is -0.0753. The van der Waals surface area contributed by atoms with Gasteiger partial charge in [-0.05, 0) is 41.0 Å². The molecule has 5 nitrogen and oxygen atoms in total. The lowest BCUT2D eigenvalue weighted by atomic mass is 10.1. The van der Waals surface area contributed by atoms with Crippen LogP contribution >= 0.6 is 15.9 Å². The lowest BCUT2D eigenvalue weighted by Gasteiger charge is -2.18. The number of rotatable bonds is 6. The third kappa shape index (κ3) is 3.01. The molecule has 0 radical (unpaired) electrons. The third-order valence-corrected chi connectivity index (χ3v) is 3.35. The van der Waals surface area contributed by atoms with Gasteiger partial charge < -0.3 is 14.5 Å². The molecule has 2 aromatic rings. The normalized spacial score (nSPS) is 12.6. The van der Waals surface area contributed by atoms with Gasteiger partial charge in [0.1, 0.15) is 17.5 Å². The smallest absolute Gasteiger partial charge is 0.169 e. The van der Waals surface area contributed by atoms with E-state index in [0.29, 0.717) is 4.67 Å². The van der Waals surface area contributed by atoms with Crippen molar-refractivity contribution in [2.24, 2.45) is 7.05 Å². The van der Waals surface area contributed by atoms with Crippen LogP contribution in [0.2, 0.25) is 0 Å². The number of hydrogen-bond acceptors (Lipinski definition) is 4. The SMILES string of the molecule is CCCNC(c1ccc(Br)o1)c1c(OC)cnn1C. The van der Waals surface area contributed by atoms with Crippen LogP contribution in [0.3, 0.4) is 0 Å². The molecule has 0 aliphatic heterocycles. The summed E-state index contributed by atoms with van der Waals surface area (Å²) in [5.41, 5.74) is 0.956.